The fraction of sp³-hybridized carbons (Fsp3) is 0.389. The van der Waals surface area contributed by atoms with Crippen molar-refractivity contribution in [2.24, 2.45) is 0 Å². The molecule has 2 aromatic rings. The number of benzene rings is 1. The van der Waals surface area contributed by atoms with Gasteiger partial charge in [0.1, 0.15) is 0 Å². The summed E-state index contributed by atoms with van der Waals surface area (Å²) >= 11 is 1.71. The Kier molecular flexibility index (Phi) is 5.56. The highest BCUT2D eigenvalue weighted by Crippen LogP contribution is 2.34. The smallest absolute Gasteiger partial charge is 0.240 e. The van der Waals surface area contributed by atoms with Gasteiger partial charge in [-0.25, -0.2) is 13.1 Å². The fourth-order valence-corrected chi connectivity index (χ4v) is 4.79. The molecule has 1 aromatic carbocycles. The van der Waals surface area contributed by atoms with Crippen molar-refractivity contribution in [3.05, 3.63) is 52.2 Å². The first-order valence-electron chi connectivity index (χ1n) is 8.36. The van der Waals surface area contributed by atoms with Crippen molar-refractivity contribution in [2.45, 2.75) is 36.6 Å². The van der Waals surface area contributed by atoms with Crippen molar-refractivity contribution in [3.63, 3.8) is 0 Å². The van der Waals surface area contributed by atoms with Gasteiger partial charge in [0.25, 0.3) is 0 Å². The molecular formula is C18H22N2O3S2. The first-order chi connectivity index (χ1) is 12.0. The molecule has 0 spiro atoms. The maximum absolute atomic E-state index is 12.6. The summed E-state index contributed by atoms with van der Waals surface area (Å²) in [5.74, 6) is 0.169. The van der Waals surface area contributed by atoms with Crippen molar-refractivity contribution in [2.75, 3.05) is 13.6 Å². The number of hydrogen-bond acceptors (Lipinski definition) is 4. The highest BCUT2D eigenvalue weighted by atomic mass is 32.2. The zero-order valence-corrected chi connectivity index (χ0v) is 15.8. The summed E-state index contributed by atoms with van der Waals surface area (Å²) < 4.78 is 25.8. The van der Waals surface area contributed by atoms with Gasteiger partial charge in [-0.2, -0.15) is 0 Å². The Morgan fingerprint density at radius 1 is 1.28 bits per heavy atom. The molecule has 1 aromatic heterocycles. The second-order valence-electron chi connectivity index (χ2n) is 6.11. The van der Waals surface area contributed by atoms with Crippen molar-refractivity contribution in [1.82, 2.24) is 9.62 Å². The minimum atomic E-state index is -3.42. The van der Waals surface area contributed by atoms with Crippen molar-refractivity contribution in [3.8, 4) is 0 Å². The lowest BCUT2D eigenvalue weighted by molar-refractivity contribution is -0.132. The normalized spacial score (nSPS) is 17.8. The van der Waals surface area contributed by atoms with Gasteiger partial charge < -0.3 is 4.90 Å². The first-order valence-corrected chi connectivity index (χ1v) is 10.7. The van der Waals surface area contributed by atoms with Crippen LogP contribution in [0.5, 0.6) is 0 Å². The third-order valence-corrected chi connectivity index (χ3v) is 6.98. The molecular weight excluding hydrogens is 356 g/mol. The van der Waals surface area contributed by atoms with Crippen LogP contribution in [0.1, 0.15) is 35.7 Å². The van der Waals surface area contributed by atoms with E-state index >= 15 is 0 Å². The molecule has 1 unspecified atom stereocenters. The molecule has 1 aliphatic rings. The van der Waals surface area contributed by atoms with Crippen LogP contribution in [0.4, 0.5) is 0 Å². The van der Waals surface area contributed by atoms with Gasteiger partial charge in [0.15, 0.2) is 0 Å². The quantitative estimate of drug-likeness (QED) is 0.840. The van der Waals surface area contributed by atoms with E-state index in [9.17, 15) is 13.2 Å². The fourth-order valence-electron chi connectivity index (χ4n) is 3.19. The SMILES string of the molecule is CNS(=O)(=O)c1ccc(CCC(=O)N2CCCC2c2cccs2)cc1. The molecule has 0 radical (unpaired) electrons. The number of aryl methyl sites for hydroxylation is 1. The lowest BCUT2D eigenvalue weighted by Gasteiger charge is -2.24. The number of likely N-dealkylation sites (tertiary alicyclic amines) is 1. The Morgan fingerprint density at radius 3 is 2.68 bits per heavy atom. The lowest BCUT2D eigenvalue weighted by Crippen LogP contribution is -2.30. The number of nitrogens with zero attached hydrogens (tertiary/aromatic N) is 1. The Bertz CT molecular complexity index is 815. The molecule has 1 saturated heterocycles. The summed E-state index contributed by atoms with van der Waals surface area (Å²) in [7, 11) is -2.02. The Hall–Kier alpha value is -1.70. The lowest BCUT2D eigenvalue weighted by atomic mass is 10.1. The van der Waals surface area contributed by atoms with E-state index in [1.54, 1.807) is 35.6 Å². The van der Waals surface area contributed by atoms with Gasteiger partial charge in [-0.1, -0.05) is 18.2 Å². The first kappa shape index (κ1) is 18.1. The summed E-state index contributed by atoms with van der Waals surface area (Å²) in [6, 6.07) is 11.1. The number of amides is 1. The maximum atomic E-state index is 12.6. The Labute approximate surface area is 152 Å². The number of nitrogens with one attached hydrogen (secondary N) is 1. The van der Waals surface area contributed by atoms with Crippen LogP contribution in [0.2, 0.25) is 0 Å². The van der Waals surface area contributed by atoms with Crippen LogP contribution in [0.3, 0.4) is 0 Å². The largest absolute Gasteiger partial charge is 0.335 e. The summed E-state index contributed by atoms with van der Waals surface area (Å²) in [6.07, 6.45) is 3.14. The van der Waals surface area contributed by atoms with Crippen LogP contribution in [-0.4, -0.2) is 32.8 Å². The van der Waals surface area contributed by atoms with E-state index in [0.717, 1.165) is 24.9 Å². The standard InChI is InChI=1S/C18H22N2O3S2/c1-19-25(22,23)15-9-6-14(7-10-15)8-11-18(21)20-12-2-4-16(20)17-5-3-13-24-17/h3,5-7,9-10,13,16,19H,2,4,8,11-12H2,1H3. The van der Waals surface area contributed by atoms with Crippen molar-refractivity contribution >= 4 is 27.3 Å². The van der Waals surface area contributed by atoms with E-state index in [1.165, 1.54) is 11.9 Å². The molecule has 134 valence electrons. The summed E-state index contributed by atoms with van der Waals surface area (Å²) in [6.45, 7) is 0.820. The van der Waals surface area contributed by atoms with Crippen LogP contribution in [-0.2, 0) is 21.2 Å². The molecule has 0 aliphatic carbocycles. The van der Waals surface area contributed by atoms with Crippen LogP contribution < -0.4 is 4.72 Å². The molecule has 1 amide bonds. The number of carbonyl (C=O) groups is 1. The van der Waals surface area contributed by atoms with E-state index in [0.29, 0.717) is 12.8 Å². The summed E-state index contributed by atoms with van der Waals surface area (Å²) in [5.41, 5.74) is 0.968. The van der Waals surface area contributed by atoms with Crippen LogP contribution in [0.25, 0.3) is 0 Å². The van der Waals surface area contributed by atoms with Gasteiger partial charge in [-0.3, -0.25) is 4.79 Å². The summed E-state index contributed by atoms with van der Waals surface area (Å²) in [4.78, 5) is 16.1. The summed E-state index contributed by atoms with van der Waals surface area (Å²) in [5, 5.41) is 2.05. The molecule has 1 atom stereocenters. The number of sulfonamides is 1. The molecule has 2 heterocycles. The second-order valence-corrected chi connectivity index (χ2v) is 8.98. The van der Waals surface area contributed by atoms with Crippen molar-refractivity contribution in [1.29, 1.82) is 0 Å². The number of carbonyl (C=O) groups excluding carboxylic acids is 1. The number of thiophene rings is 1. The van der Waals surface area contributed by atoms with E-state index in [-0.39, 0.29) is 16.8 Å². The monoisotopic (exact) mass is 378 g/mol. The molecule has 3 rings (SSSR count). The maximum Gasteiger partial charge on any atom is 0.240 e. The Morgan fingerprint density at radius 2 is 2.04 bits per heavy atom. The topological polar surface area (TPSA) is 66.5 Å². The Balaban J connectivity index is 1.60. The predicted octanol–water partition coefficient (Wildman–Crippen LogP) is 2.95. The van der Waals surface area contributed by atoms with E-state index in [2.05, 4.69) is 16.2 Å². The number of hydrogen-bond donors (Lipinski definition) is 1. The van der Waals surface area contributed by atoms with Gasteiger partial charge in [0.2, 0.25) is 15.9 Å². The molecule has 7 heteroatoms. The molecule has 5 nitrogen and oxygen atoms in total. The average molecular weight is 379 g/mol. The van der Waals surface area contributed by atoms with Gasteiger partial charge in [0.05, 0.1) is 10.9 Å². The highest BCUT2D eigenvalue weighted by Gasteiger charge is 2.30. The third kappa shape index (κ3) is 4.11. The van der Waals surface area contributed by atoms with E-state index < -0.39 is 10.0 Å². The molecule has 1 aliphatic heterocycles. The van der Waals surface area contributed by atoms with Crippen molar-refractivity contribution < 1.29 is 13.2 Å². The van der Waals surface area contributed by atoms with Gasteiger partial charge >= 0.3 is 0 Å². The molecule has 0 bridgehead atoms. The molecule has 0 saturated carbocycles. The average Bonchev–Trinajstić information content (AvgIpc) is 3.30. The second kappa shape index (κ2) is 7.68. The van der Waals surface area contributed by atoms with Crippen LogP contribution in [0, 0.1) is 0 Å². The van der Waals surface area contributed by atoms with Gasteiger partial charge in [-0.15, -0.1) is 11.3 Å². The molecule has 1 fully saturated rings. The third-order valence-electron chi connectivity index (χ3n) is 4.57. The van der Waals surface area contributed by atoms with Crippen LogP contribution in [0.15, 0.2) is 46.7 Å². The van der Waals surface area contributed by atoms with Crippen LogP contribution >= 0.6 is 11.3 Å². The number of rotatable bonds is 6. The highest BCUT2D eigenvalue weighted by molar-refractivity contribution is 7.89. The molecule has 25 heavy (non-hydrogen) atoms. The zero-order valence-electron chi connectivity index (χ0n) is 14.1. The predicted molar refractivity (Wildman–Crippen MR) is 99.0 cm³/mol. The van der Waals surface area contributed by atoms with Gasteiger partial charge in [-0.05, 0) is 55.5 Å². The van der Waals surface area contributed by atoms with E-state index in [1.807, 2.05) is 11.0 Å². The minimum absolute atomic E-state index is 0.169. The zero-order chi connectivity index (χ0) is 17.9. The van der Waals surface area contributed by atoms with Gasteiger partial charge in [0, 0.05) is 17.8 Å². The minimum Gasteiger partial charge on any atom is -0.335 e. The van der Waals surface area contributed by atoms with E-state index in [4.69, 9.17) is 0 Å². The molecule has 1 N–H and O–H groups in total.